The molecule has 0 spiro atoms. The van der Waals surface area contributed by atoms with Crippen LogP contribution in [-0.2, 0) is 4.79 Å². The average Bonchev–Trinajstić information content (AvgIpc) is 2.38. The van der Waals surface area contributed by atoms with Gasteiger partial charge in [-0.2, -0.15) is 0 Å². The van der Waals surface area contributed by atoms with E-state index in [0.717, 1.165) is 5.75 Å². The van der Waals surface area contributed by atoms with Gasteiger partial charge in [0.05, 0.1) is 12.6 Å². The zero-order chi connectivity index (χ0) is 14.1. The molecule has 0 aliphatic heterocycles. The molecule has 0 aromatic heterocycles. The van der Waals surface area contributed by atoms with Crippen LogP contribution in [0.25, 0.3) is 0 Å². The molecule has 0 saturated carbocycles. The van der Waals surface area contributed by atoms with Gasteiger partial charge in [0.1, 0.15) is 12.4 Å². The number of rotatable bonds is 8. The fourth-order valence-electron chi connectivity index (χ4n) is 1.51. The zero-order valence-electron chi connectivity index (χ0n) is 11.6. The van der Waals surface area contributed by atoms with Crippen molar-refractivity contribution in [1.82, 2.24) is 10.6 Å². The summed E-state index contributed by atoms with van der Waals surface area (Å²) in [5.74, 6) is 0.776. The first-order valence-corrected chi connectivity index (χ1v) is 6.42. The second kappa shape index (κ2) is 8.32. The van der Waals surface area contributed by atoms with E-state index in [-0.39, 0.29) is 11.9 Å². The Balaban J connectivity index is 2.23. The third-order valence-corrected chi connectivity index (χ3v) is 2.50. The lowest BCUT2D eigenvalue weighted by atomic mass is 10.2. The molecule has 1 amide bonds. The summed E-state index contributed by atoms with van der Waals surface area (Å²) in [6, 6.07) is 7.82. The SMILES string of the molecule is C=CCNCC(=O)NC(C)COc1ccc(C)cc1. The monoisotopic (exact) mass is 262 g/mol. The molecule has 1 rings (SSSR count). The van der Waals surface area contributed by atoms with E-state index in [0.29, 0.717) is 19.7 Å². The topological polar surface area (TPSA) is 50.4 Å². The van der Waals surface area contributed by atoms with Gasteiger partial charge in [0.15, 0.2) is 0 Å². The Morgan fingerprint density at radius 3 is 2.74 bits per heavy atom. The van der Waals surface area contributed by atoms with Crippen LogP contribution in [0.2, 0.25) is 0 Å². The van der Waals surface area contributed by atoms with Gasteiger partial charge in [-0.1, -0.05) is 23.8 Å². The van der Waals surface area contributed by atoms with Crippen molar-refractivity contribution in [2.24, 2.45) is 0 Å². The number of nitrogens with one attached hydrogen (secondary N) is 2. The molecule has 4 nitrogen and oxygen atoms in total. The zero-order valence-corrected chi connectivity index (χ0v) is 11.6. The van der Waals surface area contributed by atoms with E-state index in [9.17, 15) is 4.79 Å². The highest BCUT2D eigenvalue weighted by molar-refractivity contribution is 5.78. The number of carbonyl (C=O) groups excluding carboxylic acids is 1. The molecule has 0 radical (unpaired) electrons. The van der Waals surface area contributed by atoms with Crippen LogP contribution in [-0.4, -0.2) is 31.6 Å². The minimum absolute atomic E-state index is 0.0284. The lowest BCUT2D eigenvalue weighted by Gasteiger charge is -2.15. The van der Waals surface area contributed by atoms with Gasteiger partial charge in [-0.05, 0) is 26.0 Å². The molecular weight excluding hydrogens is 240 g/mol. The molecule has 2 N–H and O–H groups in total. The Morgan fingerprint density at radius 2 is 2.11 bits per heavy atom. The molecule has 1 aromatic carbocycles. The highest BCUT2D eigenvalue weighted by Crippen LogP contribution is 2.11. The van der Waals surface area contributed by atoms with Crippen LogP contribution in [0.15, 0.2) is 36.9 Å². The minimum atomic E-state index is -0.0399. The first-order chi connectivity index (χ1) is 9.11. The van der Waals surface area contributed by atoms with E-state index in [1.807, 2.05) is 38.1 Å². The van der Waals surface area contributed by atoms with Gasteiger partial charge in [0, 0.05) is 6.54 Å². The van der Waals surface area contributed by atoms with E-state index in [1.54, 1.807) is 6.08 Å². The Labute approximate surface area is 114 Å². The molecule has 19 heavy (non-hydrogen) atoms. The maximum atomic E-state index is 11.5. The number of benzene rings is 1. The lowest BCUT2D eigenvalue weighted by molar-refractivity contribution is -0.121. The van der Waals surface area contributed by atoms with Crippen molar-refractivity contribution in [3.8, 4) is 5.75 Å². The molecule has 0 aliphatic rings. The number of aryl methyl sites for hydroxylation is 1. The molecule has 1 aromatic rings. The molecule has 0 heterocycles. The smallest absolute Gasteiger partial charge is 0.234 e. The van der Waals surface area contributed by atoms with Gasteiger partial charge in [0.25, 0.3) is 0 Å². The van der Waals surface area contributed by atoms with Gasteiger partial charge in [0.2, 0.25) is 5.91 Å². The van der Waals surface area contributed by atoms with Crippen LogP contribution >= 0.6 is 0 Å². The van der Waals surface area contributed by atoms with Crippen molar-refractivity contribution in [1.29, 1.82) is 0 Å². The predicted molar refractivity (Wildman–Crippen MR) is 77.3 cm³/mol. The summed E-state index contributed by atoms with van der Waals surface area (Å²) in [5.41, 5.74) is 1.20. The second-order valence-corrected chi connectivity index (χ2v) is 4.51. The number of amides is 1. The van der Waals surface area contributed by atoms with Crippen molar-refractivity contribution in [3.05, 3.63) is 42.5 Å². The summed E-state index contributed by atoms with van der Waals surface area (Å²) in [5, 5.41) is 5.81. The standard InChI is InChI=1S/C15H22N2O2/c1-4-9-16-10-15(18)17-13(3)11-19-14-7-5-12(2)6-8-14/h4-8,13,16H,1,9-11H2,2-3H3,(H,17,18). The Morgan fingerprint density at radius 1 is 1.42 bits per heavy atom. The van der Waals surface area contributed by atoms with Crippen molar-refractivity contribution < 1.29 is 9.53 Å². The summed E-state index contributed by atoms with van der Waals surface area (Å²) in [4.78, 5) is 11.5. The number of hydrogen-bond donors (Lipinski definition) is 2. The number of ether oxygens (including phenoxy) is 1. The molecule has 1 unspecified atom stereocenters. The van der Waals surface area contributed by atoms with Crippen molar-refractivity contribution in [2.45, 2.75) is 19.9 Å². The quantitative estimate of drug-likeness (QED) is 0.553. The van der Waals surface area contributed by atoms with Gasteiger partial charge in [-0.3, -0.25) is 4.79 Å². The molecule has 1 atom stereocenters. The Hall–Kier alpha value is -1.81. The molecule has 0 aliphatic carbocycles. The van der Waals surface area contributed by atoms with E-state index in [1.165, 1.54) is 5.56 Å². The summed E-state index contributed by atoms with van der Waals surface area (Å²) in [6.07, 6.45) is 1.72. The van der Waals surface area contributed by atoms with E-state index in [4.69, 9.17) is 4.74 Å². The highest BCUT2D eigenvalue weighted by Gasteiger charge is 2.07. The Kier molecular flexibility index (Phi) is 6.68. The molecule has 104 valence electrons. The molecular formula is C15H22N2O2. The molecule has 0 bridgehead atoms. The third kappa shape index (κ3) is 6.62. The van der Waals surface area contributed by atoms with Crippen molar-refractivity contribution in [3.63, 3.8) is 0 Å². The molecule has 0 saturated heterocycles. The largest absolute Gasteiger partial charge is 0.491 e. The van der Waals surface area contributed by atoms with Gasteiger partial charge >= 0.3 is 0 Å². The average molecular weight is 262 g/mol. The third-order valence-electron chi connectivity index (χ3n) is 2.50. The number of carbonyl (C=O) groups is 1. The first-order valence-electron chi connectivity index (χ1n) is 6.42. The van der Waals surface area contributed by atoms with Crippen LogP contribution in [0.5, 0.6) is 5.75 Å². The van der Waals surface area contributed by atoms with Crippen LogP contribution in [0.3, 0.4) is 0 Å². The summed E-state index contributed by atoms with van der Waals surface area (Å²) in [7, 11) is 0. The predicted octanol–water partition coefficient (Wildman–Crippen LogP) is 1.65. The van der Waals surface area contributed by atoms with Crippen molar-refractivity contribution in [2.75, 3.05) is 19.7 Å². The van der Waals surface area contributed by atoms with Gasteiger partial charge < -0.3 is 15.4 Å². The minimum Gasteiger partial charge on any atom is -0.491 e. The fraction of sp³-hybridized carbons (Fsp3) is 0.400. The second-order valence-electron chi connectivity index (χ2n) is 4.51. The number of hydrogen-bond acceptors (Lipinski definition) is 3. The van der Waals surface area contributed by atoms with Crippen LogP contribution in [0.4, 0.5) is 0 Å². The molecule has 0 fully saturated rings. The van der Waals surface area contributed by atoms with Crippen LogP contribution < -0.4 is 15.4 Å². The fourth-order valence-corrected chi connectivity index (χ4v) is 1.51. The lowest BCUT2D eigenvalue weighted by Crippen LogP contribution is -2.41. The first kappa shape index (κ1) is 15.2. The maximum Gasteiger partial charge on any atom is 0.234 e. The Bertz CT molecular complexity index is 401. The van der Waals surface area contributed by atoms with E-state index in [2.05, 4.69) is 17.2 Å². The summed E-state index contributed by atoms with van der Waals surface area (Å²) >= 11 is 0. The van der Waals surface area contributed by atoms with E-state index < -0.39 is 0 Å². The molecule has 4 heteroatoms. The van der Waals surface area contributed by atoms with Crippen LogP contribution in [0.1, 0.15) is 12.5 Å². The van der Waals surface area contributed by atoms with Crippen LogP contribution in [0, 0.1) is 6.92 Å². The maximum absolute atomic E-state index is 11.5. The van der Waals surface area contributed by atoms with E-state index >= 15 is 0 Å². The highest BCUT2D eigenvalue weighted by atomic mass is 16.5. The summed E-state index contributed by atoms with van der Waals surface area (Å²) in [6.45, 7) is 8.89. The summed E-state index contributed by atoms with van der Waals surface area (Å²) < 4.78 is 5.60. The van der Waals surface area contributed by atoms with Gasteiger partial charge in [-0.25, -0.2) is 0 Å². The normalized spacial score (nSPS) is 11.7. The van der Waals surface area contributed by atoms with Crippen molar-refractivity contribution >= 4 is 5.91 Å². The van der Waals surface area contributed by atoms with Gasteiger partial charge in [-0.15, -0.1) is 6.58 Å².